The van der Waals surface area contributed by atoms with Crippen molar-refractivity contribution < 1.29 is 14.7 Å². The Kier molecular flexibility index (Phi) is 3.33. The van der Waals surface area contributed by atoms with E-state index in [9.17, 15) is 14.7 Å². The van der Waals surface area contributed by atoms with Gasteiger partial charge in [0.15, 0.2) is 0 Å². The van der Waals surface area contributed by atoms with Gasteiger partial charge < -0.3 is 5.11 Å². The van der Waals surface area contributed by atoms with Crippen molar-refractivity contribution in [3.8, 4) is 0 Å². The molecule has 0 radical (unpaired) electrons. The van der Waals surface area contributed by atoms with Crippen LogP contribution in [0.1, 0.15) is 19.8 Å². The first-order valence-corrected chi connectivity index (χ1v) is 7.95. The van der Waals surface area contributed by atoms with E-state index >= 15 is 0 Å². The minimum Gasteiger partial charge on any atom is -0.481 e. The third kappa shape index (κ3) is 1.81. The second-order valence-corrected chi connectivity index (χ2v) is 7.14. The predicted molar refractivity (Wildman–Crippen MR) is 78.1 cm³/mol. The molecule has 0 amide bonds. The van der Waals surface area contributed by atoms with Crippen molar-refractivity contribution in [3.63, 3.8) is 0 Å². The fourth-order valence-electron chi connectivity index (χ4n) is 3.72. The number of thioether (sulfide) groups is 1. The molecule has 5 heteroatoms. The maximum atomic E-state index is 12.3. The van der Waals surface area contributed by atoms with Gasteiger partial charge >= 0.3 is 5.97 Å². The molecular weight excluding hydrogens is 296 g/mol. The van der Waals surface area contributed by atoms with E-state index in [1.165, 1.54) is 0 Å². The number of benzene rings is 1. The Morgan fingerprint density at radius 1 is 1.50 bits per heavy atom. The number of aliphatic carboxylic acids is 1. The van der Waals surface area contributed by atoms with Gasteiger partial charge in [0.25, 0.3) is 0 Å². The molecule has 2 aliphatic carbocycles. The van der Waals surface area contributed by atoms with Gasteiger partial charge in [0.2, 0.25) is 0 Å². The highest BCUT2D eigenvalue weighted by Crippen LogP contribution is 2.71. The molecule has 2 aliphatic rings. The lowest BCUT2D eigenvalue weighted by Gasteiger charge is -2.13. The van der Waals surface area contributed by atoms with Crippen LogP contribution in [0, 0.1) is 17.3 Å². The van der Waals surface area contributed by atoms with Gasteiger partial charge in [-0.15, -0.1) is 11.8 Å². The van der Waals surface area contributed by atoms with Gasteiger partial charge in [-0.3, -0.25) is 9.59 Å². The number of Topliss-reactive ketones (excluding diaryl/α,β-unsaturated/α-hetero) is 1. The van der Waals surface area contributed by atoms with Crippen LogP contribution in [-0.4, -0.2) is 22.1 Å². The summed E-state index contributed by atoms with van der Waals surface area (Å²) in [5, 5.41) is 10.0. The summed E-state index contributed by atoms with van der Waals surface area (Å²) in [6.07, 6.45) is 1.07. The van der Waals surface area contributed by atoms with E-state index in [-0.39, 0.29) is 17.0 Å². The van der Waals surface area contributed by atoms with E-state index in [0.717, 1.165) is 4.90 Å². The Morgan fingerprint density at radius 3 is 2.75 bits per heavy atom. The van der Waals surface area contributed by atoms with E-state index in [1.807, 2.05) is 31.2 Å². The van der Waals surface area contributed by atoms with Crippen molar-refractivity contribution in [1.29, 1.82) is 0 Å². The third-order valence-electron chi connectivity index (χ3n) is 4.67. The van der Waals surface area contributed by atoms with Crippen molar-refractivity contribution in [2.45, 2.75) is 29.9 Å². The minimum atomic E-state index is -0.838. The van der Waals surface area contributed by atoms with Crippen molar-refractivity contribution in [2.75, 3.05) is 0 Å². The van der Waals surface area contributed by atoms with E-state index in [4.69, 9.17) is 11.6 Å². The quantitative estimate of drug-likeness (QED) is 0.924. The second-order valence-electron chi connectivity index (χ2n) is 5.45. The van der Waals surface area contributed by atoms with Crippen LogP contribution in [0.5, 0.6) is 0 Å². The summed E-state index contributed by atoms with van der Waals surface area (Å²) in [7, 11) is 0. The van der Waals surface area contributed by atoms with Crippen molar-refractivity contribution in [3.05, 3.63) is 29.3 Å². The topological polar surface area (TPSA) is 54.4 Å². The Hall–Kier alpha value is -1.00. The molecule has 1 aromatic rings. The molecular formula is C15H15ClO3S. The van der Waals surface area contributed by atoms with E-state index in [1.54, 1.807) is 11.8 Å². The highest BCUT2D eigenvalue weighted by atomic mass is 35.5. The summed E-state index contributed by atoms with van der Waals surface area (Å²) >= 11 is 7.70. The van der Waals surface area contributed by atoms with Crippen LogP contribution >= 0.6 is 23.4 Å². The van der Waals surface area contributed by atoms with Crippen molar-refractivity contribution in [1.82, 2.24) is 0 Å². The summed E-state index contributed by atoms with van der Waals surface area (Å²) in [5.74, 6) is -1.27. The van der Waals surface area contributed by atoms with Crippen LogP contribution in [0.25, 0.3) is 0 Å². The molecule has 0 aromatic heterocycles. The fourth-order valence-corrected chi connectivity index (χ4v) is 5.43. The molecule has 0 heterocycles. The summed E-state index contributed by atoms with van der Waals surface area (Å²) in [5.41, 5.74) is -0.606. The van der Waals surface area contributed by atoms with Crippen LogP contribution in [0.15, 0.2) is 29.2 Å². The molecule has 1 aromatic carbocycles. The Balaban J connectivity index is 1.85. The first-order chi connectivity index (χ1) is 9.52. The highest BCUT2D eigenvalue weighted by Gasteiger charge is 2.77. The second kappa shape index (κ2) is 4.78. The maximum Gasteiger partial charge on any atom is 0.307 e. The van der Waals surface area contributed by atoms with Crippen molar-refractivity contribution >= 4 is 35.1 Å². The zero-order chi connectivity index (χ0) is 14.5. The first-order valence-electron chi connectivity index (χ1n) is 6.69. The number of rotatable bonds is 4. The van der Waals surface area contributed by atoms with Gasteiger partial charge in [-0.05, 0) is 24.5 Å². The van der Waals surface area contributed by atoms with Gasteiger partial charge in [0.05, 0.1) is 10.9 Å². The lowest BCUT2D eigenvalue weighted by molar-refractivity contribution is -0.142. The number of hydrogen-bond acceptors (Lipinski definition) is 3. The van der Waals surface area contributed by atoms with Crippen LogP contribution in [0.3, 0.4) is 0 Å². The Labute approximate surface area is 126 Å². The molecule has 20 heavy (non-hydrogen) atoms. The standard InChI is InChI=1S/C15H15ClO3S/c1-2-15-11(17)7-10(12(15)13(15)14(18)19)20-9-6-4-3-5-8(9)16/h3-6,10,12-13H,2,7H2,1H3,(H,18,19). The molecule has 0 bridgehead atoms. The molecule has 1 N–H and O–H groups in total. The zero-order valence-corrected chi connectivity index (χ0v) is 12.6. The predicted octanol–water partition coefficient (Wildman–Crippen LogP) is 3.50. The van der Waals surface area contributed by atoms with Gasteiger partial charge in [-0.2, -0.15) is 0 Å². The average Bonchev–Trinajstić information content (AvgIpc) is 3.03. The number of hydrogen-bond donors (Lipinski definition) is 1. The van der Waals surface area contributed by atoms with Crippen molar-refractivity contribution in [2.24, 2.45) is 17.3 Å². The summed E-state index contributed by atoms with van der Waals surface area (Å²) in [4.78, 5) is 24.5. The van der Waals surface area contributed by atoms with Gasteiger partial charge in [-0.1, -0.05) is 30.7 Å². The molecule has 3 nitrogen and oxygen atoms in total. The molecule has 0 aliphatic heterocycles. The number of carboxylic acid groups (broad SMARTS) is 1. The number of fused-ring (bicyclic) bond motifs is 1. The molecule has 0 spiro atoms. The third-order valence-corrected chi connectivity index (χ3v) is 6.49. The minimum absolute atomic E-state index is 0.0310. The average molecular weight is 311 g/mol. The monoisotopic (exact) mass is 310 g/mol. The van der Waals surface area contributed by atoms with E-state index in [2.05, 4.69) is 0 Å². The van der Waals surface area contributed by atoms with Crippen LogP contribution in [0.4, 0.5) is 0 Å². The number of halogens is 1. The number of carbonyl (C=O) groups excluding carboxylic acids is 1. The summed E-state index contributed by atoms with van der Waals surface area (Å²) < 4.78 is 0. The normalized spacial score (nSPS) is 34.9. The Bertz CT molecular complexity index is 588. The molecule has 0 saturated heterocycles. The van der Waals surface area contributed by atoms with E-state index < -0.39 is 17.3 Å². The summed E-state index contributed by atoms with van der Waals surface area (Å²) in [6, 6.07) is 7.50. The van der Waals surface area contributed by atoms with Crippen LogP contribution in [-0.2, 0) is 9.59 Å². The molecule has 2 saturated carbocycles. The molecule has 4 unspecified atom stereocenters. The molecule has 2 fully saturated rings. The summed E-state index contributed by atoms with van der Waals surface area (Å²) in [6.45, 7) is 1.91. The maximum absolute atomic E-state index is 12.3. The van der Waals surface area contributed by atoms with Gasteiger partial charge in [0, 0.05) is 22.0 Å². The largest absolute Gasteiger partial charge is 0.481 e. The Morgan fingerprint density at radius 2 is 2.20 bits per heavy atom. The molecule has 106 valence electrons. The lowest BCUT2D eigenvalue weighted by Crippen LogP contribution is -2.20. The number of ketones is 1. The first kappa shape index (κ1) is 14.0. The smallest absolute Gasteiger partial charge is 0.307 e. The van der Waals surface area contributed by atoms with Crippen LogP contribution < -0.4 is 0 Å². The van der Waals surface area contributed by atoms with Crippen LogP contribution in [0.2, 0.25) is 5.02 Å². The lowest BCUT2D eigenvalue weighted by atomic mass is 9.95. The fraction of sp³-hybridized carbons (Fsp3) is 0.467. The molecule has 4 atom stereocenters. The highest BCUT2D eigenvalue weighted by molar-refractivity contribution is 8.00. The van der Waals surface area contributed by atoms with E-state index in [0.29, 0.717) is 17.9 Å². The zero-order valence-electron chi connectivity index (χ0n) is 11.0. The number of carbonyl (C=O) groups is 2. The van der Waals surface area contributed by atoms with Gasteiger partial charge in [0.1, 0.15) is 5.78 Å². The number of carboxylic acids is 1. The SMILES string of the molecule is CCC12C(=O)CC(Sc3ccccc3Cl)C1C2C(=O)O. The molecule has 3 rings (SSSR count). The van der Waals surface area contributed by atoms with Gasteiger partial charge in [-0.25, -0.2) is 0 Å².